The first-order chi connectivity index (χ1) is 3.27. The van der Waals surface area contributed by atoms with Crippen LogP contribution >= 0.6 is 7.68 Å². The maximum Gasteiger partial charge on any atom is 0.319 e. The van der Waals surface area contributed by atoms with Gasteiger partial charge in [-0.1, -0.05) is 0 Å². The lowest BCUT2D eigenvalue weighted by Gasteiger charge is -1.66. The first kappa shape index (κ1) is 6.44. The lowest BCUT2D eigenvalue weighted by atomic mass is 10.7. The molecule has 7 heavy (non-hydrogen) atoms. The van der Waals surface area contributed by atoms with Crippen molar-refractivity contribution in [2.75, 3.05) is 6.16 Å². The van der Waals surface area contributed by atoms with E-state index in [0.717, 1.165) is 6.08 Å². The van der Waals surface area contributed by atoms with E-state index in [-0.39, 0.29) is 6.16 Å². The predicted molar refractivity (Wildman–Crippen MR) is 24.9 cm³/mol. The molecule has 0 aliphatic heterocycles. The van der Waals surface area contributed by atoms with Crippen molar-refractivity contribution in [3.05, 3.63) is 12.3 Å². The van der Waals surface area contributed by atoms with Gasteiger partial charge in [-0.15, -0.1) is 0 Å². The molecule has 0 radical (unpaired) electrons. The lowest BCUT2D eigenvalue weighted by Crippen LogP contribution is -1.59. The zero-order valence-electron chi connectivity index (χ0n) is 3.57. The summed E-state index contributed by atoms with van der Waals surface area (Å²) in [6.07, 6.45) is 1.79. The first-order valence-corrected chi connectivity index (χ1v) is 3.04. The number of allylic oxidation sites excluding steroid dienone is 1. The largest absolute Gasteiger partial charge is 0.516 e. The van der Waals surface area contributed by atoms with Crippen LogP contribution in [0.15, 0.2) is 12.3 Å². The normalized spacial score (nSPS) is 9.71. The fourth-order valence-corrected chi connectivity index (χ4v) is 0.400. The van der Waals surface area contributed by atoms with E-state index in [4.69, 9.17) is 5.11 Å². The van der Waals surface area contributed by atoms with Gasteiger partial charge in [0.15, 0.2) is 0 Å². The van der Waals surface area contributed by atoms with Gasteiger partial charge in [0, 0.05) is 0 Å². The zero-order chi connectivity index (χ0) is 5.70. The maximum absolute atomic E-state index is 9.63. The Hall–Kier alpha value is -0.560. The predicted octanol–water partition coefficient (Wildman–Crippen LogP) is 1.23. The summed E-state index contributed by atoms with van der Waals surface area (Å²) >= 11 is 0. The van der Waals surface area contributed by atoms with Crippen molar-refractivity contribution < 1.29 is 14.2 Å². The molecule has 0 aromatic heterocycles. The average Bonchev–Trinajstić information content (AvgIpc) is 1.61. The van der Waals surface area contributed by atoms with Gasteiger partial charge < -0.3 is 5.11 Å². The molecule has 0 spiro atoms. The molecule has 0 aliphatic rings. The van der Waals surface area contributed by atoms with E-state index in [0.29, 0.717) is 6.26 Å². The molecule has 0 aliphatic carbocycles. The summed E-state index contributed by atoms with van der Waals surface area (Å²) in [7, 11) is -2.35. The summed E-state index contributed by atoms with van der Waals surface area (Å²) in [5.74, 6) is 0. The minimum absolute atomic E-state index is 0.0775. The molecule has 0 saturated heterocycles. The molecule has 0 saturated carbocycles. The highest BCUT2D eigenvalue weighted by Crippen LogP contribution is 1.99. The van der Waals surface area contributed by atoms with Gasteiger partial charge in [-0.25, -0.2) is 9.13 Å². The van der Waals surface area contributed by atoms with Crippen molar-refractivity contribution in [1.29, 1.82) is 0 Å². The topological polar surface area (TPSA) is 54.4 Å². The Bertz CT molecular complexity index is 116. The van der Waals surface area contributed by atoms with Crippen molar-refractivity contribution >= 4 is 7.68 Å². The fraction of sp³-hybridized carbons (Fsp3) is 0.333. The van der Waals surface area contributed by atoms with Gasteiger partial charge in [0.05, 0.1) is 12.4 Å². The van der Waals surface area contributed by atoms with Crippen LogP contribution in [0, 0.1) is 0 Å². The summed E-state index contributed by atoms with van der Waals surface area (Å²) in [5.41, 5.74) is 0. The van der Waals surface area contributed by atoms with Gasteiger partial charge in [0.2, 0.25) is 0 Å². The van der Waals surface area contributed by atoms with E-state index in [1.165, 1.54) is 0 Å². The molecule has 4 heteroatoms. The zero-order valence-corrected chi connectivity index (χ0v) is 4.47. The van der Waals surface area contributed by atoms with Crippen LogP contribution in [0.2, 0.25) is 0 Å². The molecule has 0 heterocycles. The van der Waals surface area contributed by atoms with Crippen LogP contribution in [-0.2, 0) is 9.13 Å². The third-order valence-electron chi connectivity index (χ3n) is 0.360. The molecule has 1 N–H and O–H groups in total. The second-order valence-corrected chi connectivity index (χ2v) is 1.93. The molecule has 0 rings (SSSR count). The highest BCUT2D eigenvalue weighted by atomic mass is 31.1. The van der Waals surface area contributed by atoms with Crippen LogP contribution in [0.25, 0.3) is 0 Å². The van der Waals surface area contributed by atoms with Crippen LogP contribution in [0.1, 0.15) is 0 Å². The highest BCUT2D eigenvalue weighted by molar-refractivity contribution is 7.31. The summed E-state index contributed by atoms with van der Waals surface area (Å²) in [6.45, 7) is 0. The highest BCUT2D eigenvalue weighted by Gasteiger charge is 1.80. The van der Waals surface area contributed by atoms with Crippen LogP contribution in [0.4, 0.5) is 0 Å². The first-order valence-electron chi connectivity index (χ1n) is 1.68. The molecule has 0 amide bonds. The summed E-state index contributed by atoms with van der Waals surface area (Å²) in [4.78, 5) is 0. The van der Waals surface area contributed by atoms with Crippen LogP contribution in [0.5, 0.6) is 0 Å². The molecule has 3 nitrogen and oxygen atoms in total. The third-order valence-corrected chi connectivity index (χ3v) is 0.869. The number of hydrogen-bond donors (Lipinski definition) is 1. The van der Waals surface area contributed by atoms with Crippen LogP contribution < -0.4 is 0 Å². The average molecular weight is 120 g/mol. The van der Waals surface area contributed by atoms with Crippen molar-refractivity contribution in [3.8, 4) is 0 Å². The number of hydrogen-bond acceptors (Lipinski definition) is 3. The number of aliphatic hydroxyl groups excluding tert-OH is 1. The van der Waals surface area contributed by atoms with E-state index >= 15 is 0 Å². The van der Waals surface area contributed by atoms with Crippen LogP contribution in [-0.4, -0.2) is 11.3 Å². The van der Waals surface area contributed by atoms with Gasteiger partial charge in [0.1, 0.15) is 0 Å². The molecular formula is C3H5O3P. The Morgan fingerprint density at radius 2 is 2.14 bits per heavy atom. The Kier molecular flexibility index (Phi) is 3.33. The second-order valence-electron chi connectivity index (χ2n) is 0.900. The smallest absolute Gasteiger partial charge is 0.319 e. The monoisotopic (exact) mass is 120 g/mol. The summed E-state index contributed by atoms with van der Waals surface area (Å²) < 4.78 is 19.3. The quantitative estimate of drug-likeness (QED) is 0.440. The van der Waals surface area contributed by atoms with Crippen LogP contribution in [0.3, 0.4) is 0 Å². The lowest BCUT2D eigenvalue weighted by molar-refractivity contribution is 0.471. The molecule has 0 fully saturated rings. The van der Waals surface area contributed by atoms with Gasteiger partial charge in [0.25, 0.3) is 0 Å². The minimum Gasteiger partial charge on any atom is -0.516 e. The Morgan fingerprint density at radius 3 is 2.29 bits per heavy atom. The fourth-order valence-electron chi connectivity index (χ4n) is 0.133. The molecular weight excluding hydrogens is 115 g/mol. The maximum atomic E-state index is 9.63. The minimum atomic E-state index is -2.35. The van der Waals surface area contributed by atoms with Gasteiger partial charge in [-0.05, 0) is 6.08 Å². The standard InChI is InChI=1S/C3H5O3P/c4-2-1-3-7(5)6/h1-2,4H,3H2. The Labute approximate surface area is 41.5 Å². The van der Waals surface area contributed by atoms with E-state index in [9.17, 15) is 9.13 Å². The third kappa shape index (κ3) is 5.44. The molecule has 0 aromatic carbocycles. The number of rotatable bonds is 2. The molecule has 0 bridgehead atoms. The van der Waals surface area contributed by atoms with E-state index in [2.05, 4.69) is 0 Å². The molecule has 0 atom stereocenters. The summed E-state index contributed by atoms with van der Waals surface area (Å²) in [5, 5.41) is 7.87. The van der Waals surface area contributed by atoms with E-state index in [1.54, 1.807) is 0 Å². The molecule has 0 aromatic rings. The molecule has 40 valence electrons. The SMILES string of the molecule is O=P(=O)CC=CO. The second kappa shape index (κ2) is 3.62. The Morgan fingerprint density at radius 1 is 1.57 bits per heavy atom. The van der Waals surface area contributed by atoms with E-state index in [1.807, 2.05) is 0 Å². The van der Waals surface area contributed by atoms with Crippen molar-refractivity contribution in [2.24, 2.45) is 0 Å². The van der Waals surface area contributed by atoms with Gasteiger partial charge in [-0.3, -0.25) is 0 Å². The van der Waals surface area contributed by atoms with Gasteiger partial charge >= 0.3 is 7.68 Å². The van der Waals surface area contributed by atoms with Crippen molar-refractivity contribution in [1.82, 2.24) is 0 Å². The summed E-state index contributed by atoms with van der Waals surface area (Å²) in [6, 6.07) is 0. The van der Waals surface area contributed by atoms with Gasteiger partial charge in [-0.2, -0.15) is 0 Å². The van der Waals surface area contributed by atoms with E-state index < -0.39 is 7.68 Å². The van der Waals surface area contributed by atoms with Crippen molar-refractivity contribution in [2.45, 2.75) is 0 Å². The molecule has 0 unspecified atom stereocenters. The Balaban J connectivity index is 3.33. The number of aliphatic hydroxyl groups is 1. The van der Waals surface area contributed by atoms with Crippen molar-refractivity contribution in [3.63, 3.8) is 0 Å².